The second-order valence-corrected chi connectivity index (χ2v) is 5.06. The van der Waals surface area contributed by atoms with Crippen molar-refractivity contribution in [1.82, 2.24) is 9.97 Å². The predicted octanol–water partition coefficient (Wildman–Crippen LogP) is 1.68. The molecule has 0 aliphatic carbocycles. The van der Waals surface area contributed by atoms with Crippen LogP contribution in [0.25, 0.3) is 0 Å². The summed E-state index contributed by atoms with van der Waals surface area (Å²) in [7, 11) is 0. The smallest absolute Gasteiger partial charge is 0.145 e. The highest BCUT2D eigenvalue weighted by Crippen LogP contribution is 2.21. The molecule has 5 nitrogen and oxygen atoms in total. The maximum absolute atomic E-state index is 5.46. The van der Waals surface area contributed by atoms with Crippen molar-refractivity contribution < 1.29 is 0 Å². The number of nitrogens with one attached hydrogen (secondary N) is 1. The number of nitrogens with two attached hydrogens (primary N) is 1. The fourth-order valence-corrected chi connectivity index (χ4v) is 2.68. The number of hydrazine groups is 1. The van der Waals surface area contributed by atoms with Gasteiger partial charge in [0.2, 0.25) is 0 Å². The summed E-state index contributed by atoms with van der Waals surface area (Å²) in [6.07, 6.45) is 2.09. The van der Waals surface area contributed by atoms with Crippen molar-refractivity contribution >= 4 is 11.6 Å². The van der Waals surface area contributed by atoms with E-state index in [1.54, 1.807) is 0 Å². The summed E-state index contributed by atoms with van der Waals surface area (Å²) in [5.74, 6) is 7.80. The van der Waals surface area contributed by atoms with Gasteiger partial charge in [-0.25, -0.2) is 15.8 Å². The minimum atomic E-state index is 0.661. The Labute approximate surface area is 118 Å². The van der Waals surface area contributed by atoms with Crippen molar-refractivity contribution in [2.24, 2.45) is 5.84 Å². The van der Waals surface area contributed by atoms with E-state index in [2.05, 4.69) is 44.6 Å². The van der Waals surface area contributed by atoms with Crippen LogP contribution in [0.2, 0.25) is 0 Å². The Morgan fingerprint density at radius 2 is 1.75 bits per heavy atom. The molecule has 5 heteroatoms. The first-order valence-corrected chi connectivity index (χ1v) is 6.90. The van der Waals surface area contributed by atoms with Gasteiger partial charge in [0.05, 0.1) is 0 Å². The highest BCUT2D eigenvalue weighted by atomic mass is 15.3. The normalized spacial score (nSPS) is 14.6. The van der Waals surface area contributed by atoms with Crippen LogP contribution in [-0.4, -0.2) is 23.1 Å². The zero-order chi connectivity index (χ0) is 13.9. The van der Waals surface area contributed by atoms with Crippen molar-refractivity contribution in [3.8, 4) is 0 Å². The average molecular weight is 269 g/mol. The van der Waals surface area contributed by atoms with E-state index >= 15 is 0 Å². The van der Waals surface area contributed by atoms with E-state index in [1.165, 1.54) is 11.1 Å². The van der Waals surface area contributed by atoms with Gasteiger partial charge in [0, 0.05) is 19.2 Å². The molecular weight excluding hydrogens is 250 g/mol. The van der Waals surface area contributed by atoms with Gasteiger partial charge >= 0.3 is 0 Å². The molecule has 1 aromatic heterocycles. The summed E-state index contributed by atoms with van der Waals surface area (Å²) < 4.78 is 0. The first kappa shape index (κ1) is 12.9. The topological polar surface area (TPSA) is 67.1 Å². The molecule has 0 fully saturated rings. The summed E-state index contributed by atoms with van der Waals surface area (Å²) >= 11 is 0. The fourth-order valence-electron chi connectivity index (χ4n) is 2.68. The average Bonchev–Trinajstić information content (AvgIpc) is 2.69. The summed E-state index contributed by atoms with van der Waals surface area (Å²) in [5, 5.41) is 0. The molecule has 0 spiro atoms. The molecule has 2 aromatic rings. The number of hydrogen-bond acceptors (Lipinski definition) is 5. The van der Waals surface area contributed by atoms with Gasteiger partial charge in [-0.15, -0.1) is 0 Å². The molecule has 0 unspecified atom stereocenters. The molecule has 3 rings (SSSR count). The molecule has 0 saturated heterocycles. The molecule has 20 heavy (non-hydrogen) atoms. The van der Waals surface area contributed by atoms with Crippen LogP contribution in [0, 0.1) is 6.92 Å². The van der Waals surface area contributed by atoms with Gasteiger partial charge in [-0.05, 0) is 30.9 Å². The standard InChI is InChI=1S/C15H19N5/c1-11-17-14(19-16)10-15(18-11)20-8-6-12-4-2-3-5-13(12)7-9-20/h2-5,10H,6-9,16H2,1H3,(H,17,18,19). The lowest BCUT2D eigenvalue weighted by atomic mass is 10.0. The van der Waals surface area contributed by atoms with Gasteiger partial charge in [-0.2, -0.15) is 0 Å². The second kappa shape index (κ2) is 5.46. The lowest BCUT2D eigenvalue weighted by Crippen LogP contribution is -2.27. The lowest BCUT2D eigenvalue weighted by Gasteiger charge is -2.22. The Kier molecular flexibility index (Phi) is 3.52. The van der Waals surface area contributed by atoms with E-state index < -0.39 is 0 Å². The minimum Gasteiger partial charge on any atom is -0.356 e. The molecule has 104 valence electrons. The first-order chi connectivity index (χ1) is 9.76. The molecule has 0 atom stereocenters. The molecule has 0 saturated carbocycles. The third-order valence-electron chi connectivity index (χ3n) is 3.72. The Bertz CT molecular complexity index is 584. The van der Waals surface area contributed by atoms with E-state index in [0.717, 1.165) is 37.6 Å². The quantitative estimate of drug-likeness (QED) is 0.641. The number of anilines is 2. The largest absolute Gasteiger partial charge is 0.356 e. The van der Waals surface area contributed by atoms with Crippen molar-refractivity contribution in [2.75, 3.05) is 23.4 Å². The monoisotopic (exact) mass is 269 g/mol. The Morgan fingerprint density at radius 1 is 1.10 bits per heavy atom. The van der Waals surface area contributed by atoms with Gasteiger partial charge in [-0.1, -0.05) is 24.3 Å². The van der Waals surface area contributed by atoms with E-state index in [0.29, 0.717) is 5.82 Å². The van der Waals surface area contributed by atoms with E-state index in [1.807, 2.05) is 13.0 Å². The van der Waals surface area contributed by atoms with Crippen LogP contribution < -0.4 is 16.2 Å². The summed E-state index contributed by atoms with van der Waals surface area (Å²) in [6, 6.07) is 10.6. The number of fused-ring (bicyclic) bond motifs is 1. The van der Waals surface area contributed by atoms with Crippen molar-refractivity contribution in [3.05, 3.63) is 47.3 Å². The van der Waals surface area contributed by atoms with Crippen molar-refractivity contribution in [3.63, 3.8) is 0 Å². The zero-order valence-electron chi connectivity index (χ0n) is 11.6. The van der Waals surface area contributed by atoms with Gasteiger partial charge in [-0.3, -0.25) is 0 Å². The molecule has 1 aromatic carbocycles. The van der Waals surface area contributed by atoms with Crippen LogP contribution in [0.3, 0.4) is 0 Å². The van der Waals surface area contributed by atoms with Gasteiger partial charge in [0.15, 0.2) is 0 Å². The van der Waals surface area contributed by atoms with E-state index in [9.17, 15) is 0 Å². The Hall–Kier alpha value is -2.14. The van der Waals surface area contributed by atoms with Gasteiger partial charge in [0.1, 0.15) is 17.5 Å². The summed E-state index contributed by atoms with van der Waals surface area (Å²) in [4.78, 5) is 11.1. The number of benzene rings is 1. The van der Waals surface area contributed by atoms with Crippen LogP contribution in [0.5, 0.6) is 0 Å². The first-order valence-electron chi connectivity index (χ1n) is 6.90. The minimum absolute atomic E-state index is 0.661. The Balaban J connectivity index is 1.85. The van der Waals surface area contributed by atoms with Crippen LogP contribution >= 0.6 is 0 Å². The predicted molar refractivity (Wildman–Crippen MR) is 80.6 cm³/mol. The SMILES string of the molecule is Cc1nc(NN)cc(N2CCc3ccccc3CC2)n1. The van der Waals surface area contributed by atoms with Crippen molar-refractivity contribution in [2.45, 2.75) is 19.8 Å². The maximum atomic E-state index is 5.46. The molecule has 1 aliphatic rings. The van der Waals surface area contributed by atoms with E-state index in [-0.39, 0.29) is 0 Å². The highest BCUT2D eigenvalue weighted by molar-refractivity contribution is 5.49. The number of nitrogen functional groups attached to an aromatic ring is 1. The number of aromatic nitrogens is 2. The maximum Gasteiger partial charge on any atom is 0.145 e. The van der Waals surface area contributed by atoms with Crippen LogP contribution in [0.4, 0.5) is 11.6 Å². The molecule has 1 aliphatic heterocycles. The Morgan fingerprint density at radius 3 is 2.35 bits per heavy atom. The molecular formula is C15H19N5. The number of rotatable bonds is 2. The highest BCUT2D eigenvalue weighted by Gasteiger charge is 2.15. The third-order valence-corrected chi connectivity index (χ3v) is 3.72. The number of aryl methyl sites for hydroxylation is 1. The summed E-state index contributed by atoms with van der Waals surface area (Å²) in [6.45, 7) is 3.83. The zero-order valence-corrected chi connectivity index (χ0v) is 11.6. The lowest BCUT2D eigenvalue weighted by molar-refractivity contribution is 0.784. The van der Waals surface area contributed by atoms with Gasteiger partial charge < -0.3 is 10.3 Å². The molecule has 0 amide bonds. The summed E-state index contributed by atoms with van der Waals surface area (Å²) in [5.41, 5.74) is 5.49. The second-order valence-electron chi connectivity index (χ2n) is 5.06. The van der Waals surface area contributed by atoms with E-state index in [4.69, 9.17) is 5.84 Å². The molecule has 3 N–H and O–H groups in total. The van der Waals surface area contributed by atoms with Crippen LogP contribution in [0.1, 0.15) is 17.0 Å². The fraction of sp³-hybridized carbons (Fsp3) is 0.333. The van der Waals surface area contributed by atoms with Crippen molar-refractivity contribution in [1.29, 1.82) is 0 Å². The molecule has 0 radical (unpaired) electrons. The van der Waals surface area contributed by atoms with Crippen LogP contribution in [-0.2, 0) is 12.8 Å². The number of hydrogen-bond donors (Lipinski definition) is 2. The van der Waals surface area contributed by atoms with Crippen LogP contribution in [0.15, 0.2) is 30.3 Å². The molecule has 0 bridgehead atoms. The van der Waals surface area contributed by atoms with Gasteiger partial charge in [0.25, 0.3) is 0 Å². The number of nitrogens with zero attached hydrogens (tertiary/aromatic N) is 3. The molecule has 2 heterocycles. The third kappa shape index (κ3) is 2.58.